The number of rotatable bonds is 1. The number of halogens is 1. The van der Waals surface area contributed by atoms with Gasteiger partial charge in [-0.2, -0.15) is 0 Å². The predicted octanol–water partition coefficient (Wildman–Crippen LogP) is 2.72. The third-order valence-electron chi connectivity index (χ3n) is 2.76. The average molecular weight is 270 g/mol. The summed E-state index contributed by atoms with van der Waals surface area (Å²) in [6.07, 6.45) is 4.94. The largest absolute Gasteiger partial charge is 0.340 e. The van der Waals surface area contributed by atoms with Crippen LogP contribution in [-0.2, 0) is 0 Å². The molecular formula is C11H16BrN3. The van der Waals surface area contributed by atoms with E-state index < -0.39 is 0 Å². The fraction of sp³-hybridized carbons (Fsp3) is 0.636. The second-order valence-corrected chi connectivity index (χ2v) is 5.47. The van der Waals surface area contributed by atoms with Crippen LogP contribution < -0.4 is 4.90 Å². The molecule has 0 spiro atoms. The van der Waals surface area contributed by atoms with Crippen molar-refractivity contribution >= 4 is 21.9 Å². The highest BCUT2D eigenvalue weighted by Crippen LogP contribution is 2.23. The van der Waals surface area contributed by atoms with Crippen LogP contribution in [0.5, 0.6) is 0 Å². The summed E-state index contributed by atoms with van der Waals surface area (Å²) in [4.78, 5) is 11.0. The van der Waals surface area contributed by atoms with Gasteiger partial charge in [0.1, 0.15) is 0 Å². The highest BCUT2D eigenvalue weighted by molar-refractivity contribution is 9.10. The van der Waals surface area contributed by atoms with Gasteiger partial charge < -0.3 is 4.90 Å². The van der Waals surface area contributed by atoms with Crippen molar-refractivity contribution in [2.24, 2.45) is 11.8 Å². The minimum Gasteiger partial charge on any atom is -0.340 e. The number of aromatic nitrogens is 2. The summed E-state index contributed by atoms with van der Waals surface area (Å²) < 4.78 is 0.935. The summed E-state index contributed by atoms with van der Waals surface area (Å²) in [5.41, 5.74) is 0. The molecule has 0 aliphatic carbocycles. The monoisotopic (exact) mass is 269 g/mol. The van der Waals surface area contributed by atoms with Crippen LogP contribution in [0, 0.1) is 11.8 Å². The molecule has 15 heavy (non-hydrogen) atoms. The fourth-order valence-corrected chi connectivity index (χ4v) is 2.50. The van der Waals surface area contributed by atoms with E-state index in [0.29, 0.717) is 0 Å². The van der Waals surface area contributed by atoms with Crippen molar-refractivity contribution in [1.29, 1.82) is 0 Å². The molecule has 0 bridgehead atoms. The van der Waals surface area contributed by atoms with Crippen LogP contribution in [0.1, 0.15) is 20.3 Å². The van der Waals surface area contributed by atoms with E-state index in [9.17, 15) is 0 Å². The Morgan fingerprint density at radius 1 is 1.20 bits per heavy atom. The second kappa shape index (κ2) is 4.47. The molecule has 0 aromatic carbocycles. The number of nitrogens with zero attached hydrogens (tertiary/aromatic N) is 3. The van der Waals surface area contributed by atoms with E-state index in [4.69, 9.17) is 0 Å². The van der Waals surface area contributed by atoms with Crippen molar-refractivity contribution in [3.05, 3.63) is 16.9 Å². The summed E-state index contributed by atoms with van der Waals surface area (Å²) >= 11 is 3.35. The van der Waals surface area contributed by atoms with Gasteiger partial charge in [0.05, 0.1) is 4.47 Å². The Bertz CT molecular complexity index is 315. The molecule has 82 valence electrons. The van der Waals surface area contributed by atoms with Gasteiger partial charge in [0, 0.05) is 25.5 Å². The molecule has 2 unspecified atom stereocenters. The minimum atomic E-state index is 0.737. The maximum atomic E-state index is 4.34. The number of piperidine rings is 1. The first kappa shape index (κ1) is 10.9. The zero-order chi connectivity index (χ0) is 10.8. The van der Waals surface area contributed by atoms with Gasteiger partial charge in [-0.3, -0.25) is 0 Å². The van der Waals surface area contributed by atoms with Gasteiger partial charge in [-0.25, -0.2) is 9.97 Å². The summed E-state index contributed by atoms with van der Waals surface area (Å²) in [5, 5.41) is 0. The van der Waals surface area contributed by atoms with E-state index in [1.807, 2.05) is 12.4 Å². The van der Waals surface area contributed by atoms with Gasteiger partial charge in [-0.15, -0.1) is 0 Å². The van der Waals surface area contributed by atoms with Crippen molar-refractivity contribution in [2.75, 3.05) is 18.0 Å². The molecule has 0 amide bonds. The summed E-state index contributed by atoms with van der Waals surface area (Å²) in [6, 6.07) is 0. The summed E-state index contributed by atoms with van der Waals surface area (Å²) in [6.45, 7) is 6.74. The Kier molecular flexibility index (Phi) is 3.24. The normalized spacial score (nSPS) is 26.7. The third kappa shape index (κ3) is 2.68. The molecule has 1 aliphatic rings. The topological polar surface area (TPSA) is 29.0 Å². The minimum absolute atomic E-state index is 0.737. The van der Waals surface area contributed by atoms with Crippen LogP contribution in [0.25, 0.3) is 0 Å². The van der Waals surface area contributed by atoms with Crippen LogP contribution in [0.15, 0.2) is 16.9 Å². The van der Waals surface area contributed by atoms with Crippen LogP contribution >= 0.6 is 15.9 Å². The SMILES string of the molecule is CC1CC(C)CN(c2ncc(Br)cn2)C1. The van der Waals surface area contributed by atoms with Crippen molar-refractivity contribution < 1.29 is 0 Å². The van der Waals surface area contributed by atoms with Gasteiger partial charge in [-0.1, -0.05) is 13.8 Å². The van der Waals surface area contributed by atoms with Crippen molar-refractivity contribution in [3.63, 3.8) is 0 Å². The van der Waals surface area contributed by atoms with Gasteiger partial charge >= 0.3 is 0 Å². The molecule has 4 heteroatoms. The molecule has 1 aliphatic heterocycles. The molecule has 1 saturated heterocycles. The molecule has 1 fully saturated rings. The number of hydrogen-bond acceptors (Lipinski definition) is 3. The Balaban J connectivity index is 2.12. The van der Waals surface area contributed by atoms with Crippen molar-refractivity contribution in [1.82, 2.24) is 9.97 Å². The van der Waals surface area contributed by atoms with Crippen LogP contribution in [0.4, 0.5) is 5.95 Å². The highest BCUT2D eigenvalue weighted by Gasteiger charge is 2.23. The molecule has 3 nitrogen and oxygen atoms in total. The zero-order valence-electron chi connectivity index (χ0n) is 9.15. The number of anilines is 1. The van der Waals surface area contributed by atoms with E-state index in [-0.39, 0.29) is 0 Å². The summed E-state index contributed by atoms with van der Waals surface area (Å²) in [7, 11) is 0. The van der Waals surface area contributed by atoms with E-state index in [1.165, 1.54) is 6.42 Å². The smallest absolute Gasteiger partial charge is 0.225 e. The van der Waals surface area contributed by atoms with Gasteiger partial charge in [0.15, 0.2) is 0 Å². The maximum Gasteiger partial charge on any atom is 0.225 e. The molecule has 1 aromatic rings. The van der Waals surface area contributed by atoms with Gasteiger partial charge in [-0.05, 0) is 34.2 Å². The van der Waals surface area contributed by atoms with Gasteiger partial charge in [0.25, 0.3) is 0 Å². The summed E-state index contributed by atoms with van der Waals surface area (Å²) in [5.74, 6) is 2.33. The predicted molar refractivity (Wildman–Crippen MR) is 64.9 cm³/mol. The molecule has 0 saturated carbocycles. The standard InChI is InChI=1S/C11H16BrN3/c1-8-3-9(2)7-15(6-8)11-13-4-10(12)5-14-11/h4-5,8-9H,3,6-7H2,1-2H3. The van der Waals surface area contributed by atoms with Crippen LogP contribution in [0.3, 0.4) is 0 Å². The lowest BCUT2D eigenvalue weighted by atomic mass is 9.92. The zero-order valence-corrected chi connectivity index (χ0v) is 10.7. The molecule has 2 heterocycles. The lowest BCUT2D eigenvalue weighted by Crippen LogP contribution is -2.39. The average Bonchev–Trinajstić information content (AvgIpc) is 2.17. The maximum absolute atomic E-state index is 4.34. The molecule has 2 rings (SSSR count). The first-order chi connectivity index (χ1) is 7.15. The third-order valence-corrected chi connectivity index (χ3v) is 3.17. The lowest BCUT2D eigenvalue weighted by Gasteiger charge is -2.34. The van der Waals surface area contributed by atoms with Gasteiger partial charge in [0.2, 0.25) is 5.95 Å². The Labute approximate surface area is 99.0 Å². The Morgan fingerprint density at radius 3 is 2.27 bits per heavy atom. The van der Waals surface area contributed by atoms with Crippen molar-refractivity contribution in [3.8, 4) is 0 Å². The van der Waals surface area contributed by atoms with E-state index in [0.717, 1.165) is 35.3 Å². The molecular weight excluding hydrogens is 254 g/mol. The fourth-order valence-electron chi connectivity index (χ4n) is 2.30. The van der Waals surface area contributed by atoms with Crippen LogP contribution in [0.2, 0.25) is 0 Å². The Hall–Kier alpha value is -0.640. The molecule has 1 aromatic heterocycles. The van der Waals surface area contributed by atoms with E-state index in [1.54, 1.807) is 0 Å². The number of hydrogen-bond donors (Lipinski definition) is 0. The lowest BCUT2D eigenvalue weighted by molar-refractivity contribution is 0.353. The first-order valence-corrected chi connectivity index (χ1v) is 6.17. The molecule has 0 N–H and O–H groups in total. The quantitative estimate of drug-likeness (QED) is 0.785. The molecule has 2 atom stereocenters. The van der Waals surface area contributed by atoms with E-state index >= 15 is 0 Å². The second-order valence-electron chi connectivity index (χ2n) is 4.55. The molecule has 0 radical (unpaired) electrons. The first-order valence-electron chi connectivity index (χ1n) is 5.37. The highest BCUT2D eigenvalue weighted by atomic mass is 79.9. The van der Waals surface area contributed by atoms with Crippen molar-refractivity contribution in [2.45, 2.75) is 20.3 Å². The van der Waals surface area contributed by atoms with Crippen LogP contribution in [-0.4, -0.2) is 23.1 Å². The van der Waals surface area contributed by atoms with E-state index in [2.05, 4.69) is 44.6 Å². The Morgan fingerprint density at radius 2 is 1.73 bits per heavy atom.